The average molecular weight is 520 g/mol. The van der Waals surface area contributed by atoms with E-state index in [1.807, 2.05) is 48.6 Å². The Bertz CT molecular complexity index is 1150. The molecule has 1 heterocycles. The molecule has 3 aromatic rings. The van der Waals surface area contributed by atoms with Crippen molar-refractivity contribution in [2.45, 2.75) is 18.3 Å². The van der Waals surface area contributed by atoms with Crippen molar-refractivity contribution >= 4 is 39.1 Å². The summed E-state index contributed by atoms with van der Waals surface area (Å²) in [6.45, 7) is 0.395. The van der Waals surface area contributed by atoms with Gasteiger partial charge in [-0.15, -0.1) is 0 Å². The summed E-state index contributed by atoms with van der Waals surface area (Å²) in [5.41, 5.74) is 0.908. The maximum Gasteiger partial charge on any atom is 0.159 e. The van der Waals surface area contributed by atoms with Crippen molar-refractivity contribution in [3.05, 3.63) is 99.0 Å². The molecule has 2 aromatic carbocycles. The van der Waals surface area contributed by atoms with E-state index in [2.05, 4.69) is 25.9 Å². The highest BCUT2D eigenvalue weighted by atomic mass is 79.9. The van der Waals surface area contributed by atoms with Gasteiger partial charge in [-0.1, -0.05) is 59.6 Å². The molecule has 0 fully saturated rings. The lowest BCUT2D eigenvalue weighted by Gasteiger charge is -2.33. The Kier molecular flexibility index (Phi) is 6.75. The minimum Gasteiger partial charge on any atom is -0.494 e. The van der Waals surface area contributed by atoms with Crippen LogP contribution in [0.4, 0.5) is 4.39 Å². The predicted molar refractivity (Wildman–Crippen MR) is 126 cm³/mol. The van der Waals surface area contributed by atoms with Crippen LogP contribution in [0, 0.1) is 5.82 Å². The second-order valence-corrected chi connectivity index (χ2v) is 8.92. The number of aromatic nitrogens is 2. The molecule has 3 nitrogen and oxygen atoms in total. The Labute approximate surface area is 198 Å². The van der Waals surface area contributed by atoms with Crippen molar-refractivity contribution in [1.82, 2.24) is 9.97 Å². The third-order valence-corrected chi connectivity index (χ3v) is 6.31. The van der Waals surface area contributed by atoms with Crippen molar-refractivity contribution in [3.8, 4) is 17.1 Å². The van der Waals surface area contributed by atoms with Gasteiger partial charge in [0.25, 0.3) is 0 Å². The molecule has 0 aliphatic heterocycles. The second-order valence-electron chi connectivity index (χ2n) is 7.22. The molecule has 31 heavy (non-hydrogen) atoms. The number of benzene rings is 2. The molecule has 158 valence electrons. The van der Waals surface area contributed by atoms with Gasteiger partial charge in [0.2, 0.25) is 0 Å². The van der Waals surface area contributed by atoms with Crippen LogP contribution in [0.5, 0.6) is 5.75 Å². The van der Waals surface area contributed by atoms with Gasteiger partial charge in [-0.3, -0.25) is 0 Å². The maximum absolute atomic E-state index is 14.2. The number of rotatable bonds is 6. The summed E-state index contributed by atoms with van der Waals surface area (Å²) in [5.74, 6) is 0.834. The lowest BCUT2D eigenvalue weighted by Crippen LogP contribution is -2.28. The highest BCUT2D eigenvalue weighted by molar-refractivity contribution is 9.10. The minimum atomic E-state index is -0.544. The van der Waals surface area contributed by atoms with Crippen molar-refractivity contribution in [2.24, 2.45) is 0 Å². The molecule has 1 unspecified atom stereocenters. The van der Waals surface area contributed by atoms with E-state index in [1.54, 1.807) is 18.5 Å². The Hall–Kier alpha value is -2.21. The number of allylic oxidation sites excluding steroid dienone is 4. The first-order valence-corrected chi connectivity index (χ1v) is 11.2. The molecule has 0 N–H and O–H groups in total. The number of halogens is 4. The summed E-state index contributed by atoms with van der Waals surface area (Å²) < 4.78 is 21.1. The van der Waals surface area contributed by atoms with Crippen molar-refractivity contribution in [3.63, 3.8) is 0 Å². The monoisotopic (exact) mass is 518 g/mol. The number of nitrogens with zero attached hydrogens (tertiary/aromatic N) is 2. The van der Waals surface area contributed by atoms with E-state index in [9.17, 15) is 4.39 Å². The van der Waals surface area contributed by atoms with Gasteiger partial charge < -0.3 is 4.74 Å². The average Bonchev–Trinajstić information content (AvgIpc) is 2.78. The van der Waals surface area contributed by atoms with Crippen molar-refractivity contribution in [1.29, 1.82) is 0 Å². The predicted octanol–water partition coefficient (Wildman–Crippen LogP) is 7.58. The summed E-state index contributed by atoms with van der Waals surface area (Å²) in [6.07, 6.45) is 12.6. The van der Waals surface area contributed by atoms with Gasteiger partial charge in [-0.25, -0.2) is 14.4 Å². The van der Waals surface area contributed by atoms with E-state index in [-0.39, 0.29) is 5.02 Å². The van der Waals surface area contributed by atoms with E-state index >= 15 is 0 Å². The van der Waals surface area contributed by atoms with Crippen LogP contribution in [0.3, 0.4) is 0 Å². The number of ether oxygens (including phenoxy) is 1. The van der Waals surface area contributed by atoms with E-state index in [0.29, 0.717) is 41.6 Å². The fourth-order valence-corrected chi connectivity index (χ4v) is 4.63. The maximum atomic E-state index is 14.2. The minimum absolute atomic E-state index is 0.0573. The van der Waals surface area contributed by atoms with E-state index < -0.39 is 11.2 Å². The second kappa shape index (κ2) is 9.51. The molecule has 0 bridgehead atoms. The molecular weight excluding hydrogens is 502 g/mol. The molecule has 1 atom stereocenters. The number of hydrogen-bond acceptors (Lipinski definition) is 3. The summed E-state index contributed by atoms with van der Waals surface area (Å²) in [6, 6.07) is 10.4. The summed E-state index contributed by atoms with van der Waals surface area (Å²) in [5, 5.41) is 0.502. The number of hydrogen-bond donors (Lipinski definition) is 0. The van der Waals surface area contributed by atoms with Crippen LogP contribution in [-0.4, -0.2) is 16.6 Å². The molecule has 0 spiro atoms. The SMILES string of the molecule is Fc1ccc(Cl)c(C2(CCOc3cccc(-c4ncc(Br)cn4)c3)C=CC=CC2)c1Cl. The van der Waals surface area contributed by atoms with E-state index in [0.717, 1.165) is 10.0 Å². The fraction of sp³-hybridized carbons (Fsp3) is 0.167. The molecule has 0 saturated heterocycles. The summed E-state index contributed by atoms with van der Waals surface area (Å²) in [4.78, 5) is 8.65. The van der Waals surface area contributed by atoms with Crippen LogP contribution >= 0.6 is 39.1 Å². The Morgan fingerprint density at radius 3 is 2.65 bits per heavy atom. The molecule has 1 aliphatic carbocycles. The Morgan fingerprint density at radius 1 is 1.10 bits per heavy atom. The van der Waals surface area contributed by atoms with Gasteiger partial charge in [-0.05, 0) is 53.0 Å². The lowest BCUT2D eigenvalue weighted by molar-refractivity contribution is 0.276. The summed E-state index contributed by atoms with van der Waals surface area (Å²) >= 11 is 16.1. The van der Waals surface area contributed by atoms with Gasteiger partial charge in [0, 0.05) is 34.0 Å². The first-order valence-electron chi connectivity index (χ1n) is 9.68. The van der Waals surface area contributed by atoms with Crippen molar-refractivity contribution < 1.29 is 9.13 Å². The van der Waals surface area contributed by atoms with Gasteiger partial charge >= 0.3 is 0 Å². The Morgan fingerprint density at radius 2 is 1.90 bits per heavy atom. The van der Waals surface area contributed by atoms with Gasteiger partial charge in [0.1, 0.15) is 11.6 Å². The summed E-state index contributed by atoms with van der Waals surface area (Å²) in [7, 11) is 0. The highest BCUT2D eigenvalue weighted by Gasteiger charge is 2.34. The lowest BCUT2D eigenvalue weighted by atomic mass is 9.73. The van der Waals surface area contributed by atoms with E-state index in [1.165, 1.54) is 6.07 Å². The van der Waals surface area contributed by atoms with Crippen LogP contribution < -0.4 is 4.74 Å². The van der Waals surface area contributed by atoms with Crippen LogP contribution in [0.25, 0.3) is 11.4 Å². The first-order chi connectivity index (χ1) is 15.0. The standard InChI is InChI=1S/C24H18BrCl2FN2O/c25-17-14-29-23(30-15-17)16-5-4-6-18(13-16)31-12-11-24(9-2-1-3-10-24)21-19(26)7-8-20(28)22(21)27/h1-9,13-15H,10-12H2. The topological polar surface area (TPSA) is 35.0 Å². The molecular formula is C24H18BrCl2FN2O. The molecule has 1 aromatic heterocycles. The quantitative estimate of drug-likeness (QED) is 0.315. The molecule has 0 amide bonds. The third kappa shape index (κ3) is 4.84. The van der Waals surface area contributed by atoms with Crippen LogP contribution in [0.15, 0.2) is 77.6 Å². The van der Waals surface area contributed by atoms with E-state index in [4.69, 9.17) is 27.9 Å². The normalized spacial score (nSPS) is 17.7. The zero-order valence-corrected chi connectivity index (χ0v) is 19.5. The first kappa shape index (κ1) is 22.0. The Balaban J connectivity index is 1.54. The largest absolute Gasteiger partial charge is 0.494 e. The van der Waals surface area contributed by atoms with Gasteiger partial charge in [0.05, 0.1) is 16.1 Å². The molecule has 7 heteroatoms. The smallest absolute Gasteiger partial charge is 0.159 e. The molecule has 4 rings (SSSR count). The highest BCUT2D eigenvalue weighted by Crippen LogP contribution is 2.44. The third-order valence-electron chi connectivity index (χ3n) is 5.22. The fourth-order valence-electron chi connectivity index (χ4n) is 3.68. The van der Waals surface area contributed by atoms with Crippen LogP contribution in [0.2, 0.25) is 10.0 Å². The van der Waals surface area contributed by atoms with Crippen LogP contribution in [-0.2, 0) is 5.41 Å². The van der Waals surface area contributed by atoms with Crippen LogP contribution in [0.1, 0.15) is 18.4 Å². The zero-order valence-electron chi connectivity index (χ0n) is 16.4. The van der Waals surface area contributed by atoms with Gasteiger partial charge in [0.15, 0.2) is 5.82 Å². The molecule has 1 aliphatic rings. The molecule has 0 radical (unpaired) electrons. The molecule has 0 saturated carbocycles. The zero-order chi connectivity index (χ0) is 21.8. The van der Waals surface area contributed by atoms with Crippen molar-refractivity contribution in [2.75, 3.05) is 6.61 Å². The van der Waals surface area contributed by atoms with Gasteiger partial charge in [-0.2, -0.15) is 0 Å².